The lowest BCUT2D eigenvalue weighted by Gasteiger charge is -2.19. The molecule has 1 unspecified atom stereocenters. The molecule has 0 aliphatic heterocycles. The summed E-state index contributed by atoms with van der Waals surface area (Å²) in [5.74, 6) is -5.02. The van der Waals surface area contributed by atoms with Crippen LogP contribution in [0.4, 0.5) is 26.3 Å². The molecule has 0 heterocycles. The first-order valence-corrected chi connectivity index (χ1v) is 10.5. The summed E-state index contributed by atoms with van der Waals surface area (Å²) in [6.45, 7) is 3.06. The summed E-state index contributed by atoms with van der Waals surface area (Å²) >= 11 is 0. The van der Waals surface area contributed by atoms with Gasteiger partial charge in [-0.3, -0.25) is 0 Å². The summed E-state index contributed by atoms with van der Waals surface area (Å²) in [5.41, 5.74) is 0.591. The lowest BCUT2D eigenvalue weighted by Crippen LogP contribution is -2.17. The molecule has 0 amide bonds. The van der Waals surface area contributed by atoms with E-state index < -0.39 is 41.4 Å². The molecule has 0 spiro atoms. The van der Waals surface area contributed by atoms with Gasteiger partial charge in [0.2, 0.25) is 0 Å². The highest BCUT2D eigenvalue weighted by atomic mass is 19.4. The third-order valence-electron chi connectivity index (χ3n) is 5.26. The summed E-state index contributed by atoms with van der Waals surface area (Å²) in [6.07, 6.45) is -4.69. The first-order chi connectivity index (χ1) is 16.1. The number of halogens is 6. The van der Waals surface area contributed by atoms with Gasteiger partial charge in [0.25, 0.3) is 0 Å². The van der Waals surface area contributed by atoms with Crippen molar-refractivity contribution in [3.8, 4) is 17.2 Å². The fourth-order valence-electron chi connectivity index (χ4n) is 3.47. The molecule has 0 saturated carbocycles. The predicted octanol–water partition coefficient (Wildman–Crippen LogP) is 8.96. The zero-order chi connectivity index (χ0) is 24.9. The third-order valence-corrected chi connectivity index (χ3v) is 5.26. The lowest BCUT2D eigenvalue weighted by molar-refractivity contribution is -0.274. The SMILES string of the molecule is CC[C@H](C(F)=C(F)C(C)c1ccc(F)c(Oc2ccccc2)c1)c1ccc(OC(F)(F)F)cc1. The van der Waals surface area contributed by atoms with Gasteiger partial charge in [-0.05, 0) is 53.9 Å². The largest absolute Gasteiger partial charge is 0.573 e. The minimum atomic E-state index is -4.85. The second kappa shape index (κ2) is 10.7. The first-order valence-electron chi connectivity index (χ1n) is 10.5. The number of allylic oxidation sites excluding steroid dienone is 2. The van der Waals surface area contributed by atoms with Crippen LogP contribution in [-0.2, 0) is 0 Å². The topological polar surface area (TPSA) is 18.5 Å². The number of rotatable bonds is 8. The van der Waals surface area contributed by atoms with E-state index in [1.165, 1.54) is 31.2 Å². The average Bonchev–Trinajstić information content (AvgIpc) is 2.80. The predicted molar refractivity (Wildman–Crippen MR) is 117 cm³/mol. The van der Waals surface area contributed by atoms with Crippen molar-refractivity contribution in [3.05, 3.63) is 101 Å². The van der Waals surface area contributed by atoms with E-state index >= 15 is 8.78 Å². The molecule has 0 N–H and O–H groups in total. The van der Waals surface area contributed by atoms with E-state index in [0.29, 0.717) is 16.9 Å². The van der Waals surface area contributed by atoms with Crippen LogP contribution in [-0.4, -0.2) is 6.36 Å². The second-order valence-electron chi connectivity index (χ2n) is 7.60. The summed E-state index contributed by atoms with van der Waals surface area (Å²) in [7, 11) is 0. The Labute approximate surface area is 193 Å². The van der Waals surface area contributed by atoms with Crippen LogP contribution in [0.5, 0.6) is 17.2 Å². The van der Waals surface area contributed by atoms with Gasteiger partial charge in [0.1, 0.15) is 23.2 Å². The Morgan fingerprint density at radius 1 is 0.824 bits per heavy atom. The van der Waals surface area contributed by atoms with Crippen molar-refractivity contribution in [2.45, 2.75) is 38.5 Å². The highest BCUT2D eigenvalue weighted by Crippen LogP contribution is 2.39. The molecule has 0 saturated heterocycles. The maximum atomic E-state index is 15.2. The van der Waals surface area contributed by atoms with Gasteiger partial charge >= 0.3 is 6.36 Å². The number of ether oxygens (including phenoxy) is 2. The molecule has 2 nitrogen and oxygen atoms in total. The molecule has 0 bridgehead atoms. The van der Waals surface area contributed by atoms with Crippen molar-refractivity contribution in [1.82, 2.24) is 0 Å². The van der Waals surface area contributed by atoms with Gasteiger partial charge in [0, 0.05) is 11.8 Å². The van der Waals surface area contributed by atoms with Crippen LogP contribution in [0, 0.1) is 5.82 Å². The van der Waals surface area contributed by atoms with Gasteiger partial charge in [-0.2, -0.15) is 0 Å². The van der Waals surface area contributed by atoms with Gasteiger partial charge in [-0.1, -0.05) is 50.2 Å². The van der Waals surface area contributed by atoms with Crippen molar-refractivity contribution in [2.75, 3.05) is 0 Å². The van der Waals surface area contributed by atoms with E-state index in [1.807, 2.05) is 0 Å². The molecule has 180 valence electrons. The Hall–Kier alpha value is -3.42. The smallest absolute Gasteiger partial charge is 0.454 e. The summed E-state index contributed by atoms with van der Waals surface area (Å²) in [6, 6.07) is 16.8. The highest BCUT2D eigenvalue weighted by molar-refractivity contribution is 5.40. The zero-order valence-corrected chi connectivity index (χ0v) is 18.4. The minimum Gasteiger partial charge on any atom is -0.454 e. The maximum Gasteiger partial charge on any atom is 0.573 e. The molecule has 3 aromatic carbocycles. The Balaban J connectivity index is 1.84. The maximum absolute atomic E-state index is 15.2. The lowest BCUT2D eigenvalue weighted by atomic mass is 9.91. The van der Waals surface area contributed by atoms with Crippen molar-refractivity contribution in [2.24, 2.45) is 0 Å². The molecule has 34 heavy (non-hydrogen) atoms. The van der Waals surface area contributed by atoms with E-state index in [1.54, 1.807) is 37.3 Å². The zero-order valence-electron chi connectivity index (χ0n) is 18.4. The van der Waals surface area contributed by atoms with Crippen LogP contribution in [0.15, 0.2) is 84.5 Å². The molecule has 3 rings (SSSR count). The van der Waals surface area contributed by atoms with Crippen LogP contribution >= 0.6 is 0 Å². The molecule has 0 fully saturated rings. The van der Waals surface area contributed by atoms with Crippen LogP contribution in [0.25, 0.3) is 0 Å². The third kappa shape index (κ3) is 6.34. The quantitative estimate of drug-likeness (QED) is 0.300. The van der Waals surface area contributed by atoms with Gasteiger partial charge in [0.15, 0.2) is 11.6 Å². The number of alkyl halides is 3. The monoisotopic (exact) mass is 480 g/mol. The van der Waals surface area contributed by atoms with Crippen LogP contribution in [0.3, 0.4) is 0 Å². The standard InChI is InChI=1S/C26H22F6O2/c1-3-21(17-9-12-20(13-10-17)34-26(30,31)32)25(29)24(28)16(2)18-11-14-22(27)23(15-18)33-19-7-5-4-6-8-19/h4-16,21H,3H2,1-2H3/t16?,21-/m0/s1. The average molecular weight is 480 g/mol. The first kappa shape index (κ1) is 25.2. The van der Waals surface area contributed by atoms with Gasteiger partial charge < -0.3 is 9.47 Å². The minimum absolute atomic E-state index is 0.129. The number of para-hydroxylation sites is 1. The normalized spacial score (nSPS) is 14.2. The summed E-state index contributed by atoms with van der Waals surface area (Å²) < 4.78 is 91.0. The van der Waals surface area contributed by atoms with E-state index in [9.17, 15) is 17.6 Å². The Morgan fingerprint density at radius 3 is 2.03 bits per heavy atom. The van der Waals surface area contributed by atoms with Crippen LogP contribution in [0.2, 0.25) is 0 Å². The second-order valence-corrected chi connectivity index (χ2v) is 7.60. The molecule has 0 aliphatic rings. The fourth-order valence-corrected chi connectivity index (χ4v) is 3.47. The molecule has 0 aromatic heterocycles. The fraction of sp³-hybridized carbons (Fsp3) is 0.231. The number of benzene rings is 3. The van der Waals surface area contributed by atoms with E-state index in [0.717, 1.165) is 18.2 Å². The van der Waals surface area contributed by atoms with Gasteiger partial charge in [0.05, 0.1) is 0 Å². The van der Waals surface area contributed by atoms with Gasteiger partial charge in [-0.15, -0.1) is 13.2 Å². The number of hydrogen-bond acceptors (Lipinski definition) is 2. The molecule has 3 aromatic rings. The molecule has 0 radical (unpaired) electrons. The van der Waals surface area contributed by atoms with Crippen LogP contribution < -0.4 is 9.47 Å². The Bertz CT molecular complexity index is 1120. The molecular formula is C26H22F6O2. The van der Waals surface area contributed by atoms with E-state index in [2.05, 4.69) is 4.74 Å². The molecule has 8 heteroatoms. The van der Waals surface area contributed by atoms with E-state index in [-0.39, 0.29) is 12.2 Å². The highest BCUT2D eigenvalue weighted by Gasteiger charge is 2.31. The van der Waals surface area contributed by atoms with Crippen molar-refractivity contribution in [3.63, 3.8) is 0 Å². The van der Waals surface area contributed by atoms with Crippen molar-refractivity contribution < 1.29 is 35.8 Å². The number of hydrogen-bond donors (Lipinski definition) is 0. The molecule has 0 aliphatic carbocycles. The van der Waals surface area contributed by atoms with Crippen molar-refractivity contribution >= 4 is 0 Å². The van der Waals surface area contributed by atoms with Crippen LogP contribution in [0.1, 0.15) is 43.2 Å². The Morgan fingerprint density at radius 2 is 1.44 bits per heavy atom. The Kier molecular flexibility index (Phi) is 7.91. The summed E-state index contributed by atoms with van der Waals surface area (Å²) in [5, 5.41) is 0. The van der Waals surface area contributed by atoms with Crippen molar-refractivity contribution in [1.29, 1.82) is 0 Å². The van der Waals surface area contributed by atoms with E-state index in [4.69, 9.17) is 4.74 Å². The molecule has 2 atom stereocenters. The summed E-state index contributed by atoms with van der Waals surface area (Å²) in [4.78, 5) is 0. The molecular weight excluding hydrogens is 458 g/mol. The van der Waals surface area contributed by atoms with Gasteiger partial charge in [-0.25, -0.2) is 13.2 Å².